The Labute approximate surface area is 68.1 Å². The molecule has 0 atom stereocenters. The molecule has 0 spiro atoms. The van der Waals surface area contributed by atoms with Crippen molar-refractivity contribution >= 4 is 0 Å². The zero-order valence-corrected chi connectivity index (χ0v) is 7.45. The van der Waals surface area contributed by atoms with Gasteiger partial charge in [-0.15, -0.1) is 0 Å². The third-order valence-corrected chi connectivity index (χ3v) is 1.58. The van der Waals surface area contributed by atoms with E-state index in [0.29, 0.717) is 5.92 Å². The van der Waals surface area contributed by atoms with Gasteiger partial charge in [0, 0.05) is 0 Å². The van der Waals surface area contributed by atoms with Crippen molar-refractivity contribution in [2.45, 2.75) is 20.8 Å². The highest BCUT2D eigenvalue weighted by atomic mass is 19.1. The van der Waals surface area contributed by atoms with Gasteiger partial charge in [0.25, 0.3) is 0 Å². The van der Waals surface area contributed by atoms with Crippen LogP contribution < -0.4 is 0 Å². The first-order valence-electron chi connectivity index (χ1n) is 3.67. The Balaban J connectivity index is 4.36. The second kappa shape index (κ2) is 4.12. The van der Waals surface area contributed by atoms with Crippen LogP contribution in [0.2, 0.25) is 0 Å². The lowest BCUT2D eigenvalue weighted by Crippen LogP contribution is -1.93. The number of hydrogen-bond acceptors (Lipinski definition) is 0. The third-order valence-electron chi connectivity index (χ3n) is 1.58. The van der Waals surface area contributed by atoms with E-state index < -0.39 is 5.83 Å². The van der Waals surface area contributed by atoms with Crippen LogP contribution in [-0.2, 0) is 0 Å². The highest BCUT2D eigenvalue weighted by molar-refractivity contribution is 5.31. The largest absolute Gasteiger partial charge is 0.208 e. The van der Waals surface area contributed by atoms with Crippen LogP contribution in [0.15, 0.2) is 36.2 Å². The molecule has 0 N–H and O–H groups in total. The molecule has 0 aliphatic carbocycles. The van der Waals surface area contributed by atoms with E-state index in [0.717, 1.165) is 11.1 Å². The minimum Gasteiger partial charge on any atom is -0.208 e. The molecule has 11 heavy (non-hydrogen) atoms. The van der Waals surface area contributed by atoms with Crippen molar-refractivity contribution in [2.75, 3.05) is 0 Å². The molecule has 1 heteroatoms. The topological polar surface area (TPSA) is 0 Å². The van der Waals surface area contributed by atoms with Gasteiger partial charge < -0.3 is 0 Å². The standard InChI is InChI=1S/C10H15F/c1-7(2)10(5)8(3)6-9(4)11/h6-7H,4-5H2,1-3H3/b8-6-. The molecular weight excluding hydrogens is 139 g/mol. The SMILES string of the molecule is C=C(F)/C=C(/C)C(=C)C(C)C. The molecule has 0 aliphatic rings. The minimum atomic E-state index is -0.413. The van der Waals surface area contributed by atoms with Gasteiger partial charge in [-0.2, -0.15) is 0 Å². The molecule has 0 aliphatic heterocycles. The summed E-state index contributed by atoms with van der Waals surface area (Å²) in [5.41, 5.74) is 1.83. The molecule has 0 aromatic carbocycles. The second-order valence-corrected chi connectivity index (χ2v) is 2.95. The lowest BCUT2D eigenvalue weighted by Gasteiger charge is -2.08. The van der Waals surface area contributed by atoms with Crippen molar-refractivity contribution in [2.24, 2.45) is 5.92 Å². The smallest absolute Gasteiger partial charge is 0.116 e. The minimum absolute atomic E-state index is 0.366. The summed E-state index contributed by atoms with van der Waals surface area (Å²) in [7, 11) is 0. The molecule has 62 valence electrons. The molecule has 0 fully saturated rings. The van der Waals surface area contributed by atoms with Gasteiger partial charge in [0.05, 0.1) is 0 Å². The summed E-state index contributed by atoms with van der Waals surface area (Å²) in [6, 6.07) is 0. The van der Waals surface area contributed by atoms with Crippen LogP contribution in [0, 0.1) is 5.92 Å². The van der Waals surface area contributed by atoms with E-state index in [4.69, 9.17) is 0 Å². The van der Waals surface area contributed by atoms with Gasteiger partial charge >= 0.3 is 0 Å². The first-order valence-corrected chi connectivity index (χ1v) is 3.67. The quantitative estimate of drug-likeness (QED) is 0.544. The Morgan fingerprint density at radius 1 is 1.36 bits per heavy atom. The fraction of sp³-hybridized carbons (Fsp3) is 0.400. The first-order chi connectivity index (χ1) is 4.95. The Morgan fingerprint density at radius 2 is 1.82 bits per heavy atom. The molecule has 0 unspecified atom stereocenters. The molecule has 0 heterocycles. The molecular formula is C10H15F. The van der Waals surface area contributed by atoms with E-state index in [-0.39, 0.29) is 0 Å². The summed E-state index contributed by atoms with van der Waals surface area (Å²) >= 11 is 0. The number of halogens is 1. The molecule has 0 aromatic rings. The van der Waals surface area contributed by atoms with Crippen molar-refractivity contribution in [3.63, 3.8) is 0 Å². The highest BCUT2D eigenvalue weighted by Crippen LogP contribution is 2.17. The summed E-state index contributed by atoms with van der Waals surface area (Å²) in [6.07, 6.45) is 1.41. The van der Waals surface area contributed by atoms with E-state index in [2.05, 4.69) is 13.2 Å². The molecule has 0 rings (SSSR count). The van der Waals surface area contributed by atoms with Crippen LogP contribution in [-0.4, -0.2) is 0 Å². The second-order valence-electron chi connectivity index (χ2n) is 2.95. The average molecular weight is 154 g/mol. The first kappa shape index (κ1) is 10.2. The van der Waals surface area contributed by atoms with Gasteiger partial charge in [0.2, 0.25) is 0 Å². The molecule has 0 bridgehead atoms. The predicted molar refractivity (Wildman–Crippen MR) is 48.0 cm³/mol. The van der Waals surface area contributed by atoms with Crippen LogP contribution in [0.5, 0.6) is 0 Å². The van der Waals surface area contributed by atoms with Crippen molar-refractivity contribution in [3.8, 4) is 0 Å². The molecule has 0 saturated carbocycles. The van der Waals surface area contributed by atoms with Gasteiger partial charge in [0.1, 0.15) is 5.83 Å². The highest BCUT2D eigenvalue weighted by Gasteiger charge is 2.01. The third kappa shape index (κ3) is 3.76. The number of hydrogen-bond donors (Lipinski definition) is 0. The zero-order valence-electron chi connectivity index (χ0n) is 7.45. The van der Waals surface area contributed by atoms with Gasteiger partial charge in [-0.1, -0.05) is 27.0 Å². The van der Waals surface area contributed by atoms with Crippen LogP contribution in [0.25, 0.3) is 0 Å². The van der Waals surface area contributed by atoms with E-state index in [1.165, 1.54) is 6.08 Å². The fourth-order valence-corrected chi connectivity index (χ4v) is 0.783. The lowest BCUT2D eigenvalue weighted by atomic mass is 9.98. The molecule has 0 amide bonds. The van der Waals surface area contributed by atoms with Crippen LogP contribution in [0.3, 0.4) is 0 Å². The van der Waals surface area contributed by atoms with Gasteiger partial charge in [-0.25, -0.2) is 4.39 Å². The van der Waals surface area contributed by atoms with E-state index in [1.807, 2.05) is 20.8 Å². The maximum absolute atomic E-state index is 12.3. The van der Waals surface area contributed by atoms with Crippen LogP contribution in [0.1, 0.15) is 20.8 Å². The molecule has 0 radical (unpaired) electrons. The zero-order chi connectivity index (χ0) is 9.02. The molecule has 0 aromatic heterocycles. The fourth-order valence-electron chi connectivity index (χ4n) is 0.783. The van der Waals surface area contributed by atoms with Crippen molar-refractivity contribution in [1.82, 2.24) is 0 Å². The number of rotatable bonds is 3. The summed E-state index contributed by atoms with van der Waals surface area (Å²) in [5.74, 6) is -0.0464. The van der Waals surface area contributed by atoms with Crippen molar-refractivity contribution in [1.29, 1.82) is 0 Å². The van der Waals surface area contributed by atoms with Crippen molar-refractivity contribution in [3.05, 3.63) is 36.2 Å². The summed E-state index contributed by atoms with van der Waals surface area (Å²) < 4.78 is 12.3. The maximum Gasteiger partial charge on any atom is 0.116 e. The van der Waals surface area contributed by atoms with Crippen LogP contribution in [0.4, 0.5) is 4.39 Å². The average Bonchev–Trinajstić information content (AvgIpc) is 1.84. The maximum atomic E-state index is 12.3. The van der Waals surface area contributed by atoms with Crippen molar-refractivity contribution < 1.29 is 4.39 Å². The Bertz CT molecular complexity index is 197. The Morgan fingerprint density at radius 3 is 2.09 bits per heavy atom. The lowest BCUT2D eigenvalue weighted by molar-refractivity contribution is 0.668. The molecule has 0 nitrogen and oxygen atoms in total. The molecule has 0 saturated heterocycles. The predicted octanol–water partition coefficient (Wildman–Crippen LogP) is 3.63. The van der Waals surface area contributed by atoms with Crippen LogP contribution >= 0.6 is 0 Å². The number of allylic oxidation sites excluding steroid dienone is 4. The van der Waals surface area contributed by atoms with E-state index in [9.17, 15) is 4.39 Å². The monoisotopic (exact) mass is 154 g/mol. The van der Waals surface area contributed by atoms with Gasteiger partial charge in [-0.05, 0) is 30.1 Å². The van der Waals surface area contributed by atoms with E-state index in [1.54, 1.807) is 0 Å². The Hall–Kier alpha value is -0.850. The normalized spacial score (nSPS) is 11.9. The Kier molecular flexibility index (Phi) is 3.80. The summed E-state index contributed by atoms with van der Waals surface area (Å²) in [4.78, 5) is 0. The summed E-state index contributed by atoms with van der Waals surface area (Å²) in [6.45, 7) is 12.9. The van der Waals surface area contributed by atoms with Gasteiger partial charge in [0.15, 0.2) is 0 Å². The van der Waals surface area contributed by atoms with E-state index >= 15 is 0 Å². The van der Waals surface area contributed by atoms with Gasteiger partial charge in [-0.3, -0.25) is 0 Å². The summed E-state index contributed by atoms with van der Waals surface area (Å²) in [5, 5.41) is 0.